The summed E-state index contributed by atoms with van der Waals surface area (Å²) in [4.78, 5) is 0. The van der Waals surface area contributed by atoms with E-state index in [1.807, 2.05) is 0 Å². The molecule has 2 rings (SSSR count). The molecule has 2 nitrogen and oxygen atoms in total. The van der Waals surface area contributed by atoms with E-state index in [-0.39, 0.29) is 0 Å². The third-order valence-electron chi connectivity index (χ3n) is 3.42. The number of hydrazone groups is 1. The molecule has 0 amide bonds. The highest BCUT2D eigenvalue weighted by Gasteiger charge is 2.11. The quantitative estimate of drug-likeness (QED) is 0.635. The van der Waals surface area contributed by atoms with Crippen molar-refractivity contribution >= 4 is 6.21 Å². The fraction of sp³-hybridized carbons (Fsp3) is 0.562. The van der Waals surface area contributed by atoms with Crippen molar-refractivity contribution in [3.8, 4) is 0 Å². The number of allylic oxidation sites excluding steroid dienone is 3. The van der Waals surface area contributed by atoms with Crippen molar-refractivity contribution in [2.24, 2.45) is 5.10 Å². The van der Waals surface area contributed by atoms with E-state index in [0.717, 1.165) is 19.4 Å². The molecule has 18 heavy (non-hydrogen) atoms. The lowest BCUT2D eigenvalue weighted by atomic mass is 10.1. The van der Waals surface area contributed by atoms with Crippen LogP contribution >= 0.6 is 0 Å². The third-order valence-corrected chi connectivity index (χ3v) is 3.42. The topological polar surface area (TPSA) is 15.6 Å². The van der Waals surface area contributed by atoms with E-state index < -0.39 is 0 Å². The van der Waals surface area contributed by atoms with Crippen molar-refractivity contribution in [2.45, 2.75) is 51.0 Å². The first kappa shape index (κ1) is 13.1. The van der Waals surface area contributed by atoms with Gasteiger partial charge in [0.05, 0.1) is 12.6 Å². The molecule has 2 heteroatoms. The molecule has 98 valence electrons. The molecular weight excluding hydrogens is 220 g/mol. The van der Waals surface area contributed by atoms with Gasteiger partial charge < -0.3 is 0 Å². The molecule has 0 aromatic heterocycles. The molecule has 0 aromatic carbocycles. The first-order valence-corrected chi connectivity index (χ1v) is 7.22. The molecule has 1 aliphatic heterocycles. The summed E-state index contributed by atoms with van der Waals surface area (Å²) in [6.07, 6.45) is 24.1. The molecule has 1 aliphatic carbocycles. The minimum absolute atomic E-state index is 0.415. The van der Waals surface area contributed by atoms with Crippen LogP contribution in [0.5, 0.6) is 0 Å². The minimum atomic E-state index is 0.415. The van der Waals surface area contributed by atoms with E-state index in [0.29, 0.717) is 6.04 Å². The molecule has 0 fully saturated rings. The first-order valence-electron chi connectivity index (χ1n) is 7.22. The van der Waals surface area contributed by atoms with Crippen LogP contribution in [-0.2, 0) is 0 Å². The van der Waals surface area contributed by atoms with Gasteiger partial charge in [-0.3, -0.25) is 5.01 Å². The summed E-state index contributed by atoms with van der Waals surface area (Å²) in [6.45, 7) is 0.930. The van der Waals surface area contributed by atoms with Crippen LogP contribution in [0.1, 0.15) is 44.9 Å². The van der Waals surface area contributed by atoms with Gasteiger partial charge in [-0.1, -0.05) is 36.5 Å². The van der Waals surface area contributed by atoms with Crippen LogP contribution in [0.4, 0.5) is 0 Å². The van der Waals surface area contributed by atoms with Gasteiger partial charge in [-0.05, 0) is 44.9 Å². The van der Waals surface area contributed by atoms with E-state index in [2.05, 4.69) is 52.8 Å². The van der Waals surface area contributed by atoms with Crippen LogP contribution in [0.3, 0.4) is 0 Å². The Labute approximate surface area is 111 Å². The minimum Gasteiger partial charge on any atom is -0.286 e. The van der Waals surface area contributed by atoms with Crippen molar-refractivity contribution in [2.75, 3.05) is 6.54 Å². The second-order valence-electron chi connectivity index (χ2n) is 4.96. The van der Waals surface area contributed by atoms with Gasteiger partial charge in [-0.15, -0.1) is 0 Å². The predicted octanol–water partition coefficient (Wildman–Crippen LogP) is 4.07. The molecule has 0 N–H and O–H groups in total. The largest absolute Gasteiger partial charge is 0.286 e. The van der Waals surface area contributed by atoms with Crippen LogP contribution in [0.2, 0.25) is 0 Å². The van der Waals surface area contributed by atoms with Gasteiger partial charge >= 0.3 is 0 Å². The van der Waals surface area contributed by atoms with Crippen LogP contribution < -0.4 is 0 Å². The second-order valence-corrected chi connectivity index (χ2v) is 4.96. The van der Waals surface area contributed by atoms with E-state index in [1.54, 1.807) is 0 Å². The predicted molar refractivity (Wildman–Crippen MR) is 78.7 cm³/mol. The maximum absolute atomic E-state index is 4.64. The van der Waals surface area contributed by atoms with Gasteiger partial charge in [0.25, 0.3) is 0 Å². The molecule has 0 radical (unpaired) electrons. The van der Waals surface area contributed by atoms with Gasteiger partial charge in [-0.2, -0.15) is 5.10 Å². The zero-order chi connectivity index (χ0) is 12.5. The lowest BCUT2D eigenvalue weighted by Crippen LogP contribution is -2.29. The monoisotopic (exact) mass is 244 g/mol. The number of hydrogen-bond acceptors (Lipinski definition) is 2. The van der Waals surface area contributed by atoms with Crippen molar-refractivity contribution in [3.63, 3.8) is 0 Å². The molecular formula is C16H24N2. The summed E-state index contributed by atoms with van der Waals surface area (Å²) in [5, 5.41) is 6.86. The van der Waals surface area contributed by atoms with Crippen molar-refractivity contribution < 1.29 is 0 Å². The molecule has 1 unspecified atom stereocenters. The maximum Gasteiger partial charge on any atom is 0.0688 e. The van der Waals surface area contributed by atoms with Crippen molar-refractivity contribution in [3.05, 3.63) is 36.5 Å². The highest BCUT2D eigenvalue weighted by Crippen LogP contribution is 2.13. The second kappa shape index (κ2) is 7.91. The van der Waals surface area contributed by atoms with Crippen molar-refractivity contribution in [1.29, 1.82) is 0 Å². The molecule has 1 heterocycles. The maximum atomic E-state index is 4.64. The normalized spacial score (nSPS) is 32.9. The number of hydrogen-bond donors (Lipinski definition) is 0. The Morgan fingerprint density at radius 2 is 1.61 bits per heavy atom. The van der Waals surface area contributed by atoms with Crippen LogP contribution in [-0.4, -0.2) is 23.8 Å². The standard InChI is InChI=1S/C16H24N2/c1-2-5-9-13-16(12-8-4-1)18-15-11-7-3-6-10-14-17-18/h4,7-9,11,13-14,16H,1-3,5-6,10,12,15H2/b8-4+,11-7-,13-9-,17-14+. The first-order chi connectivity index (χ1) is 8.97. The van der Waals surface area contributed by atoms with Gasteiger partial charge in [0.15, 0.2) is 0 Å². The van der Waals surface area contributed by atoms with E-state index in [4.69, 9.17) is 0 Å². The highest BCUT2D eigenvalue weighted by atomic mass is 15.5. The molecule has 0 aromatic rings. The van der Waals surface area contributed by atoms with Gasteiger partial charge in [0.1, 0.15) is 0 Å². The molecule has 0 bridgehead atoms. The average Bonchev–Trinajstić information content (AvgIpc) is 2.61. The lowest BCUT2D eigenvalue weighted by molar-refractivity contribution is 0.268. The molecule has 2 aliphatic rings. The highest BCUT2D eigenvalue weighted by molar-refractivity contribution is 5.56. The number of nitrogens with zero attached hydrogens (tertiary/aromatic N) is 2. The van der Waals surface area contributed by atoms with Gasteiger partial charge in [0, 0.05) is 6.21 Å². The fourth-order valence-electron chi connectivity index (χ4n) is 2.32. The zero-order valence-corrected chi connectivity index (χ0v) is 11.2. The third kappa shape index (κ3) is 4.52. The number of rotatable bonds is 1. The average molecular weight is 244 g/mol. The van der Waals surface area contributed by atoms with Crippen molar-refractivity contribution in [1.82, 2.24) is 5.01 Å². The fourth-order valence-corrected chi connectivity index (χ4v) is 2.32. The smallest absolute Gasteiger partial charge is 0.0688 e. The van der Waals surface area contributed by atoms with Gasteiger partial charge in [0.2, 0.25) is 0 Å². The Balaban J connectivity index is 2.04. The summed E-state index contributed by atoms with van der Waals surface area (Å²) in [5.74, 6) is 0. The molecule has 1 atom stereocenters. The van der Waals surface area contributed by atoms with Crippen LogP contribution in [0, 0.1) is 0 Å². The molecule has 0 saturated heterocycles. The Kier molecular flexibility index (Phi) is 5.77. The lowest BCUT2D eigenvalue weighted by Gasteiger charge is -2.25. The zero-order valence-electron chi connectivity index (χ0n) is 11.2. The summed E-state index contributed by atoms with van der Waals surface area (Å²) >= 11 is 0. The summed E-state index contributed by atoms with van der Waals surface area (Å²) < 4.78 is 0. The Morgan fingerprint density at radius 1 is 0.833 bits per heavy atom. The SMILES string of the molecule is C1=C\C(N2C/C=C\CCC/C=N/2)C/C=C/CCC/1. The van der Waals surface area contributed by atoms with Crippen LogP contribution in [0.15, 0.2) is 41.6 Å². The van der Waals surface area contributed by atoms with Crippen LogP contribution in [0.25, 0.3) is 0 Å². The van der Waals surface area contributed by atoms with Gasteiger partial charge in [-0.25, -0.2) is 0 Å². The van der Waals surface area contributed by atoms with E-state index in [1.165, 1.54) is 32.1 Å². The summed E-state index contributed by atoms with van der Waals surface area (Å²) in [6, 6.07) is 0.415. The summed E-state index contributed by atoms with van der Waals surface area (Å²) in [5.41, 5.74) is 0. The van der Waals surface area contributed by atoms with E-state index in [9.17, 15) is 0 Å². The molecule has 0 spiro atoms. The Bertz CT molecular complexity index is 305. The Hall–Kier alpha value is -1.31. The Morgan fingerprint density at radius 3 is 2.56 bits per heavy atom. The van der Waals surface area contributed by atoms with E-state index >= 15 is 0 Å². The molecule has 0 saturated carbocycles. The summed E-state index contributed by atoms with van der Waals surface area (Å²) in [7, 11) is 0.